The SMILES string of the molecule is N#Cc1ccc(Cl)cc1NCc1cccc(C(=O)O)n1. The van der Waals surface area contributed by atoms with Crippen molar-refractivity contribution in [3.05, 3.63) is 58.4 Å². The highest BCUT2D eigenvalue weighted by Crippen LogP contribution is 2.20. The highest BCUT2D eigenvalue weighted by atomic mass is 35.5. The molecule has 0 saturated heterocycles. The third-order valence-electron chi connectivity index (χ3n) is 2.59. The van der Waals surface area contributed by atoms with E-state index >= 15 is 0 Å². The van der Waals surface area contributed by atoms with Crippen LogP contribution in [0.25, 0.3) is 0 Å². The van der Waals surface area contributed by atoms with Gasteiger partial charge in [-0.15, -0.1) is 0 Å². The van der Waals surface area contributed by atoms with Crippen molar-refractivity contribution in [2.24, 2.45) is 0 Å². The maximum Gasteiger partial charge on any atom is 0.354 e. The molecular weight excluding hydrogens is 278 g/mol. The average molecular weight is 288 g/mol. The van der Waals surface area contributed by atoms with Crippen molar-refractivity contribution in [2.75, 3.05) is 5.32 Å². The summed E-state index contributed by atoms with van der Waals surface area (Å²) >= 11 is 5.88. The second kappa shape index (κ2) is 6.04. The van der Waals surface area contributed by atoms with Crippen LogP contribution >= 0.6 is 11.6 Å². The van der Waals surface area contributed by atoms with Crippen LogP contribution in [0.5, 0.6) is 0 Å². The number of hydrogen-bond acceptors (Lipinski definition) is 4. The largest absolute Gasteiger partial charge is 0.477 e. The third-order valence-corrected chi connectivity index (χ3v) is 2.82. The first-order chi connectivity index (χ1) is 9.60. The zero-order valence-electron chi connectivity index (χ0n) is 10.3. The van der Waals surface area contributed by atoms with Crippen molar-refractivity contribution in [3.8, 4) is 6.07 Å². The van der Waals surface area contributed by atoms with E-state index in [1.807, 2.05) is 0 Å². The van der Waals surface area contributed by atoms with Crippen molar-refractivity contribution in [2.45, 2.75) is 6.54 Å². The van der Waals surface area contributed by atoms with Gasteiger partial charge < -0.3 is 10.4 Å². The molecule has 0 amide bonds. The average Bonchev–Trinajstić information content (AvgIpc) is 2.45. The molecule has 0 saturated carbocycles. The molecule has 1 aromatic heterocycles. The predicted molar refractivity (Wildman–Crippen MR) is 74.7 cm³/mol. The Morgan fingerprint density at radius 3 is 2.90 bits per heavy atom. The van der Waals surface area contributed by atoms with Gasteiger partial charge in [0.1, 0.15) is 11.8 Å². The predicted octanol–water partition coefficient (Wildman–Crippen LogP) is 2.92. The van der Waals surface area contributed by atoms with Crippen LogP contribution in [0.1, 0.15) is 21.7 Å². The van der Waals surface area contributed by atoms with Gasteiger partial charge >= 0.3 is 5.97 Å². The van der Waals surface area contributed by atoms with Crippen LogP contribution in [0.2, 0.25) is 5.02 Å². The van der Waals surface area contributed by atoms with E-state index in [-0.39, 0.29) is 5.69 Å². The Bertz CT molecular complexity index is 695. The molecule has 2 rings (SSSR count). The van der Waals surface area contributed by atoms with Gasteiger partial charge in [-0.2, -0.15) is 5.26 Å². The van der Waals surface area contributed by atoms with Crippen molar-refractivity contribution < 1.29 is 9.90 Å². The lowest BCUT2D eigenvalue weighted by Gasteiger charge is -2.08. The third kappa shape index (κ3) is 3.25. The lowest BCUT2D eigenvalue weighted by atomic mass is 10.2. The fourth-order valence-corrected chi connectivity index (χ4v) is 1.82. The molecule has 2 aromatic rings. The number of aromatic carboxylic acids is 1. The minimum Gasteiger partial charge on any atom is -0.477 e. The Morgan fingerprint density at radius 2 is 2.20 bits per heavy atom. The van der Waals surface area contributed by atoms with Crippen LogP contribution in [0.4, 0.5) is 5.69 Å². The lowest BCUT2D eigenvalue weighted by molar-refractivity contribution is 0.0690. The van der Waals surface area contributed by atoms with Gasteiger partial charge in [-0.1, -0.05) is 17.7 Å². The highest BCUT2D eigenvalue weighted by Gasteiger charge is 2.06. The lowest BCUT2D eigenvalue weighted by Crippen LogP contribution is -2.07. The number of benzene rings is 1. The number of carboxylic acids is 1. The maximum atomic E-state index is 10.8. The molecule has 100 valence electrons. The van der Waals surface area contributed by atoms with E-state index in [1.54, 1.807) is 30.3 Å². The van der Waals surface area contributed by atoms with E-state index in [4.69, 9.17) is 22.0 Å². The quantitative estimate of drug-likeness (QED) is 0.903. The summed E-state index contributed by atoms with van der Waals surface area (Å²) in [6.07, 6.45) is 0. The fraction of sp³-hybridized carbons (Fsp3) is 0.0714. The monoisotopic (exact) mass is 287 g/mol. The molecule has 0 aliphatic heterocycles. The number of halogens is 1. The summed E-state index contributed by atoms with van der Waals surface area (Å²) in [4.78, 5) is 14.8. The number of nitrogens with one attached hydrogen (secondary N) is 1. The van der Waals surface area contributed by atoms with Crippen molar-refractivity contribution in [1.82, 2.24) is 4.98 Å². The molecule has 20 heavy (non-hydrogen) atoms. The zero-order chi connectivity index (χ0) is 14.5. The molecule has 0 radical (unpaired) electrons. The Hall–Kier alpha value is -2.58. The molecule has 0 aliphatic carbocycles. The van der Waals surface area contributed by atoms with E-state index < -0.39 is 5.97 Å². The fourth-order valence-electron chi connectivity index (χ4n) is 1.64. The van der Waals surface area contributed by atoms with Crippen molar-refractivity contribution >= 4 is 23.3 Å². The van der Waals surface area contributed by atoms with Gasteiger partial charge in [0, 0.05) is 5.02 Å². The number of anilines is 1. The molecule has 0 spiro atoms. The van der Waals surface area contributed by atoms with E-state index in [9.17, 15) is 4.79 Å². The molecule has 6 heteroatoms. The Kier molecular flexibility index (Phi) is 4.18. The second-order valence-electron chi connectivity index (χ2n) is 3.97. The molecule has 1 heterocycles. The summed E-state index contributed by atoms with van der Waals surface area (Å²) in [5.41, 5.74) is 1.59. The first-order valence-corrected chi connectivity index (χ1v) is 6.10. The van der Waals surface area contributed by atoms with Crippen molar-refractivity contribution in [3.63, 3.8) is 0 Å². The van der Waals surface area contributed by atoms with Crippen LogP contribution < -0.4 is 5.32 Å². The van der Waals surface area contributed by atoms with Gasteiger partial charge in [-0.25, -0.2) is 9.78 Å². The molecule has 2 N–H and O–H groups in total. The van der Waals surface area contributed by atoms with Gasteiger partial charge in [0.2, 0.25) is 0 Å². The number of carbonyl (C=O) groups is 1. The van der Waals surface area contributed by atoms with E-state index in [2.05, 4.69) is 16.4 Å². The smallest absolute Gasteiger partial charge is 0.354 e. The molecule has 0 unspecified atom stereocenters. The molecule has 1 aromatic carbocycles. The van der Waals surface area contributed by atoms with E-state index in [0.717, 1.165) is 0 Å². The summed E-state index contributed by atoms with van der Waals surface area (Å²) in [6.45, 7) is 0.302. The summed E-state index contributed by atoms with van der Waals surface area (Å²) in [7, 11) is 0. The number of nitrogens with zero attached hydrogens (tertiary/aromatic N) is 2. The molecule has 0 atom stereocenters. The van der Waals surface area contributed by atoms with Crippen LogP contribution in [-0.2, 0) is 6.54 Å². The first-order valence-electron chi connectivity index (χ1n) is 5.73. The van der Waals surface area contributed by atoms with Crippen LogP contribution in [0, 0.1) is 11.3 Å². The minimum absolute atomic E-state index is 0.0177. The minimum atomic E-state index is -1.08. The van der Waals surface area contributed by atoms with Gasteiger partial charge in [0.05, 0.1) is 23.5 Å². The number of rotatable bonds is 4. The number of carboxylic acid groups (broad SMARTS) is 1. The number of aromatic nitrogens is 1. The molecule has 5 nitrogen and oxygen atoms in total. The molecule has 0 aliphatic rings. The standard InChI is InChI=1S/C14H10ClN3O2/c15-10-5-4-9(7-16)13(6-10)17-8-11-2-1-3-12(18-11)14(19)20/h1-6,17H,8H2,(H,19,20). The van der Waals surface area contributed by atoms with Crippen molar-refractivity contribution in [1.29, 1.82) is 5.26 Å². The van der Waals surface area contributed by atoms with Gasteiger partial charge in [-0.3, -0.25) is 0 Å². The first kappa shape index (κ1) is 13.8. The van der Waals surface area contributed by atoms with E-state index in [1.165, 1.54) is 6.07 Å². The maximum absolute atomic E-state index is 10.8. The number of nitriles is 1. The number of hydrogen-bond donors (Lipinski definition) is 2. The van der Waals surface area contributed by atoms with Gasteiger partial charge in [-0.05, 0) is 30.3 Å². The van der Waals surface area contributed by atoms with Crippen LogP contribution in [-0.4, -0.2) is 16.1 Å². The Labute approximate surface area is 120 Å². The summed E-state index contributed by atoms with van der Waals surface area (Å²) < 4.78 is 0. The summed E-state index contributed by atoms with van der Waals surface area (Å²) in [6, 6.07) is 11.7. The molecule has 0 bridgehead atoms. The van der Waals surface area contributed by atoms with E-state index in [0.29, 0.717) is 28.5 Å². The van der Waals surface area contributed by atoms with Crippen LogP contribution in [0.15, 0.2) is 36.4 Å². The number of pyridine rings is 1. The Balaban J connectivity index is 2.17. The second-order valence-corrected chi connectivity index (χ2v) is 4.41. The molecular formula is C14H10ClN3O2. The normalized spacial score (nSPS) is 9.80. The summed E-state index contributed by atoms with van der Waals surface area (Å²) in [5, 5.41) is 21.4. The molecule has 0 fully saturated rings. The highest BCUT2D eigenvalue weighted by molar-refractivity contribution is 6.30. The van der Waals surface area contributed by atoms with Gasteiger partial charge in [0.15, 0.2) is 0 Å². The topological polar surface area (TPSA) is 86.0 Å². The summed E-state index contributed by atoms with van der Waals surface area (Å²) in [5.74, 6) is -1.08. The zero-order valence-corrected chi connectivity index (χ0v) is 11.1. The Morgan fingerprint density at radius 1 is 1.40 bits per heavy atom. The van der Waals surface area contributed by atoms with Crippen LogP contribution in [0.3, 0.4) is 0 Å². The van der Waals surface area contributed by atoms with Gasteiger partial charge in [0.25, 0.3) is 0 Å².